The minimum absolute atomic E-state index is 0.0872. The second kappa shape index (κ2) is 7.01. The normalized spacial score (nSPS) is 14.2. The summed E-state index contributed by atoms with van der Waals surface area (Å²) in [5.74, 6) is -2.04. The van der Waals surface area contributed by atoms with Gasteiger partial charge < -0.3 is 9.42 Å². The van der Waals surface area contributed by atoms with Gasteiger partial charge in [-0.3, -0.25) is 4.79 Å². The molecule has 28 heavy (non-hydrogen) atoms. The molecule has 0 radical (unpaired) electrons. The molecule has 0 aliphatic carbocycles. The molecule has 1 aliphatic heterocycles. The lowest BCUT2D eigenvalue weighted by Gasteiger charge is -2.27. The van der Waals surface area contributed by atoms with Crippen molar-refractivity contribution in [3.8, 4) is 10.7 Å². The molecule has 3 aromatic rings. The van der Waals surface area contributed by atoms with Gasteiger partial charge in [-0.1, -0.05) is 17.3 Å². The van der Waals surface area contributed by atoms with Crippen LogP contribution in [0.2, 0.25) is 0 Å². The summed E-state index contributed by atoms with van der Waals surface area (Å²) in [5.41, 5.74) is 1.44. The topological polar surface area (TPSA) is 59.2 Å². The molecule has 2 aromatic heterocycles. The van der Waals surface area contributed by atoms with Crippen LogP contribution in [0.3, 0.4) is 0 Å². The second-order valence-electron chi connectivity index (χ2n) is 6.35. The Morgan fingerprint density at radius 1 is 1.29 bits per heavy atom. The lowest BCUT2D eigenvalue weighted by Crippen LogP contribution is -2.36. The quantitative estimate of drug-likeness (QED) is 0.610. The van der Waals surface area contributed by atoms with Crippen molar-refractivity contribution < 1.29 is 26.9 Å². The SMILES string of the molecule is O=C(Cc1cccc(F)c1)N1CCc2sc(-c3noc(C(F)(F)F)n3)cc2C1. The molecule has 1 amide bonds. The van der Waals surface area contributed by atoms with E-state index in [2.05, 4.69) is 14.7 Å². The van der Waals surface area contributed by atoms with Gasteiger partial charge in [0, 0.05) is 18.0 Å². The number of rotatable bonds is 3. The zero-order chi connectivity index (χ0) is 19.9. The number of carbonyl (C=O) groups excluding carboxylic acids is 1. The van der Waals surface area contributed by atoms with Gasteiger partial charge in [0.05, 0.1) is 11.3 Å². The van der Waals surface area contributed by atoms with E-state index in [1.807, 2.05) is 0 Å². The van der Waals surface area contributed by atoms with Crippen molar-refractivity contribution in [2.24, 2.45) is 0 Å². The van der Waals surface area contributed by atoms with Gasteiger partial charge in [0.25, 0.3) is 0 Å². The van der Waals surface area contributed by atoms with E-state index in [0.717, 1.165) is 10.4 Å². The van der Waals surface area contributed by atoms with Gasteiger partial charge in [-0.05, 0) is 35.7 Å². The Hall–Kier alpha value is -2.75. The molecule has 0 fully saturated rings. The first-order chi connectivity index (χ1) is 13.3. The monoisotopic (exact) mass is 411 g/mol. The molecule has 0 atom stereocenters. The predicted octanol–water partition coefficient (Wildman–Crippen LogP) is 4.08. The van der Waals surface area contributed by atoms with E-state index in [1.54, 1.807) is 23.1 Å². The van der Waals surface area contributed by atoms with Crippen LogP contribution in [0.15, 0.2) is 34.9 Å². The van der Waals surface area contributed by atoms with Crippen molar-refractivity contribution >= 4 is 17.2 Å². The van der Waals surface area contributed by atoms with Gasteiger partial charge in [0.15, 0.2) is 0 Å². The Morgan fingerprint density at radius 2 is 2.11 bits per heavy atom. The van der Waals surface area contributed by atoms with Crippen LogP contribution in [-0.4, -0.2) is 27.5 Å². The van der Waals surface area contributed by atoms with Gasteiger partial charge in [-0.25, -0.2) is 4.39 Å². The average molecular weight is 411 g/mol. The maximum Gasteiger partial charge on any atom is 0.471 e. The molecular formula is C18H13F4N3O2S. The highest BCUT2D eigenvalue weighted by Gasteiger charge is 2.38. The van der Waals surface area contributed by atoms with Gasteiger partial charge in [0.1, 0.15) is 5.82 Å². The highest BCUT2D eigenvalue weighted by atomic mass is 32.1. The van der Waals surface area contributed by atoms with Gasteiger partial charge in [0.2, 0.25) is 11.7 Å². The number of nitrogens with zero attached hydrogens (tertiary/aromatic N) is 3. The number of hydrogen-bond acceptors (Lipinski definition) is 5. The zero-order valence-corrected chi connectivity index (χ0v) is 15.1. The molecule has 1 aromatic carbocycles. The number of aromatic nitrogens is 2. The molecule has 4 rings (SSSR count). The third kappa shape index (κ3) is 3.77. The third-order valence-corrected chi connectivity index (χ3v) is 5.59. The van der Waals surface area contributed by atoms with Crippen LogP contribution in [0.5, 0.6) is 0 Å². The van der Waals surface area contributed by atoms with Crippen LogP contribution < -0.4 is 0 Å². The summed E-state index contributed by atoms with van der Waals surface area (Å²) >= 11 is 1.29. The van der Waals surface area contributed by atoms with Gasteiger partial charge in [-0.2, -0.15) is 18.2 Å². The van der Waals surface area contributed by atoms with Crippen LogP contribution in [0.1, 0.15) is 21.9 Å². The van der Waals surface area contributed by atoms with Crippen molar-refractivity contribution in [2.75, 3.05) is 6.54 Å². The number of carbonyl (C=O) groups is 1. The van der Waals surface area contributed by atoms with E-state index in [0.29, 0.717) is 30.0 Å². The number of alkyl halides is 3. The van der Waals surface area contributed by atoms with Crippen molar-refractivity contribution in [2.45, 2.75) is 25.6 Å². The van der Waals surface area contributed by atoms with Crippen LogP contribution >= 0.6 is 11.3 Å². The predicted molar refractivity (Wildman–Crippen MR) is 91.8 cm³/mol. The number of benzene rings is 1. The first-order valence-corrected chi connectivity index (χ1v) is 9.16. The summed E-state index contributed by atoms with van der Waals surface area (Å²) in [7, 11) is 0. The molecule has 5 nitrogen and oxygen atoms in total. The van der Waals surface area contributed by atoms with Crippen molar-refractivity contribution in [1.82, 2.24) is 15.0 Å². The second-order valence-corrected chi connectivity index (χ2v) is 7.49. The summed E-state index contributed by atoms with van der Waals surface area (Å²) < 4.78 is 55.4. The van der Waals surface area contributed by atoms with E-state index < -0.39 is 17.9 Å². The van der Waals surface area contributed by atoms with Crippen LogP contribution in [0, 0.1) is 5.82 Å². The van der Waals surface area contributed by atoms with E-state index >= 15 is 0 Å². The van der Waals surface area contributed by atoms with Crippen molar-refractivity contribution in [3.05, 3.63) is 58.0 Å². The molecular weight excluding hydrogens is 398 g/mol. The summed E-state index contributed by atoms with van der Waals surface area (Å²) in [4.78, 5) is 19.0. The molecule has 10 heteroatoms. The summed E-state index contributed by atoms with van der Waals surface area (Å²) in [6, 6.07) is 7.57. The first-order valence-electron chi connectivity index (χ1n) is 8.34. The molecule has 0 spiro atoms. The highest BCUT2D eigenvalue weighted by molar-refractivity contribution is 7.15. The van der Waals surface area contributed by atoms with Crippen LogP contribution in [0.4, 0.5) is 17.6 Å². The van der Waals surface area contributed by atoms with Crippen molar-refractivity contribution in [1.29, 1.82) is 0 Å². The van der Waals surface area contributed by atoms with Crippen molar-refractivity contribution in [3.63, 3.8) is 0 Å². The minimum atomic E-state index is -4.69. The molecule has 3 heterocycles. The fourth-order valence-electron chi connectivity index (χ4n) is 3.03. The van der Waals surface area contributed by atoms with Gasteiger partial charge >= 0.3 is 12.1 Å². The van der Waals surface area contributed by atoms with E-state index in [9.17, 15) is 22.4 Å². The Morgan fingerprint density at radius 3 is 2.82 bits per heavy atom. The lowest BCUT2D eigenvalue weighted by molar-refractivity contribution is -0.159. The van der Waals surface area contributed by atoms with Crippen LogP contribution in [0.25, 0.3) is 10.7 Å². The number of hydrogen-bond donors (Lipinski definition) is 0. The van der Waals surface area contributed by atoms with Gasteiger partial charge in [-0.15, -0.1) is 11.3 Å². The molecule has 1 aliphatic rings. The molecule has 0 unspecified atom stereocenters. The lowest BCUT2D eigenvalue weighted by atomic mass is 10.1. The Labute approximate surface area is 160 Å². The fraction of sp³-hybridized carbons (Fsp3) is 0.278. The maximum absolute atomic E-state index is 13.3. The fourth-order valence-corrected chi connectivity index (χ4v) is 4.12. The third-order valence-electron chi connectivity index (χ3n) is 4.35. The molecule has 0 saturated heterocycles. The Kier molecular flexibility index (Phi) is 4.66. The molecule has 0 bridgehead atoms. The minimum Gasteiger partial charge on any atom is -0.338 e. The number of fused-ring (bicyclic) bond motifs is 1. The smallest absolute Gasteiger partial charge is 0.338 e. The average Bonchev–Trinajstić information content (AvgIpc) is 3.27. The first kappa shape index (κ1) is 18.6. The molecule has 0 N–H and O–H groups in total. The standard InChI is InChI=1S/C18H13F4N3O2S/c19-12-3-1-2-10(6-12)7-15(26)25-5-4-13-11(9-25)8-14(28-13)16-23-17(27-24-16)18(20,21)22/h1-3,6,8H,4-5,7,9H2. The largest absolute Gasteiger partial charge is 0.471 e. The molecule has 146 valence electrons. The highest BCUT2D eigenvalue weighted by Crippen LogP contribution is 2.35. The molecule has 0 saturated carbocycles. The summed E-state index contributed by atoms with van der Waals surface area (Å²) in [6.07, 6.45) is -4.02. The zero-order valence-electron chi connectivity index (χ0n) is 14.3. The summed E-state index contributed by atoms with van der Waals surface area (Å²) in [5, 5.41) is 3.40. The Balaban J connectivity index is 1.48. The van der Waals surface area contributed by atoms with E-state index in [-0.39, 0.29) is 18.2 Å². The number of thiophene rings is 1. The number of amides is 1. The van der Waals surface area contributed by atoms with Crippen LogP contribution in [-0.2, 0) is 30.4 Å². The Bertz CT molecular complexity index is 1030. The van der Waals surface area contributed by atoms with E-state index in [1.165, 1.54) is 23.5 Å². The maximum atomic E-state index is 13.3. The number of halogens is 4. The van der Waals surface area contributed by atoms with E-state index in [4.69, 9.17) is 0 Å². The summed E-state index contributed by atoms with van der Waals surface area (Å²) in [6.45, 7) is 0.825.